The third-order valence-corrected chi connectivity index (χ3v) is 5.08. The maximum Gasteiger partial charge on any atom is 0.161 e. The van der Waals surface area contributed by atoms with Crippen molar-refractivity contribution in [1.82, 2.24) is 14.8 Å². The first kappa shape index (κ1) is 16.1. The molecule has 5 nitrogen and oxygen atoms in total. The summed E-state index contributed by atoms with van der Waals surface area (Å²) in [4.78, 5) is 16.9. The van der Waals surface area contributed by atoms with Crippen molar-refractivity contribution in [3.05, 3.63) is 52.6 Å². The molecular weight excluding hydrogens is 312 g/mol. The number of Topliss-reactive ketones (excluding diaryl/α,β-unsaturated/α-hetero) is 1. The number of fused-ring (bicyclic) bond motifs is 1. The number of aromatic nitrogens is 3. The Morgan fingerprint density at radius 3 is 2.60 bits per heavy atom. The molecule has 1 N–H and O–H groups in total. The van der Waals surface area contributed by atoms with E-state index in [1.54, 1.807) is 12.4 Å². The first-order valence-electron chi connectivity index (χ1n) is 8.91. The molecule has 25 heavy (non-hydrogen) atoms. The Morgan fingerprint density at radius 2 is 1.92 bits per heavy atom. The van der Waals surface area contributed by atoms with E-state index in [2.05, 4.69) is 35.8 Å². The first-order valence-corrected chi connectivity index (χ1v) is 8.91. The molecule has 0 amide bonds. The van der Waals surface area contributed by atoms with Crippen molar-refractivity contribution in [2.45, 2.75) is 58.4 Å². The van der Waals surface area contributed by atoms with Gasteiger partial charge in [-0.25, -0.2) is 4.68 Å². The molecule has 1 aliphatic carbocycles. The quantitative estimate of drug-likeness (QED) is 0.858. The van der Waals surface area contributed by atoms with E-state index >= 15 is 0 Å². The highest BCUT2D eigenvalue weighted by Gasteiger charge is 2.39. The highest BCUT2D eigenvalue weighted by molar-refractivity contribution is 6.01. The molecule has 4 rings (SSSR count). The van der Waals surface area contributed by atoms with Gasteiger partial charge in [-0.1, -0.05) is 0 Å². The smallest absolute Gasteiger partial charge is 0.161 e. The number of carbonyl (C=O) groups excluding carboxylic acids is 1. The maximum absolute atomic E-state index is 12.8. The summed E-state index contributed by atoms with van der Waals surface area (Å²) in [6.45, 7) is 8.49. The molecule has 1 unspecified atom stereocenters. The fourth-order valence-electron chi connectivity index (χ4n) is 4.00. The SMILES string of the molecule is Cc1nn(C(C)(C)C)c2c1C(c1ccncc1)C1=C(CCCC1=O)N2. The summed E-state index contributed by atoms with van der Waals surface area (Å²) in [5, 5.41) is 8.39. The lowest BCUT2D eigenvalue weighted by atomic mass is 9.76. The van der Waals surface area contributed by atoms with E-state index in [0.29, 0.717) is 6.42 Å². The Morgan fingerprint density at radius 1 is 1.20 bits per heavy atom. The second-order valence-corrected chi connectivity index (χ2v) is 7.94. The number of nitrogens with zero attached hydrogens (tertiary/aromatic N) is 3. The maximum atomic E-state index is 12.8. The third-order valence-electron chi connectivity index (χ3n) is 5.08. The molecular formula is C20H24N4O. The first-order chi connectivity index (χ1) is 11.9. The molecule has 0 fully saturated rings. The molecule has 1 aliphatic heterocycles. The van der Waals surface area contributed by atoms with Crippen LogP contribution in [-0.2, 0) is 10.3 Å². The van der Waals surface area contributed by atoms with Crippen molar-refractivity contribution in [3.8, 4) is 0 Å². The van der Waals surface area contributed by atoms with Gasteiger partial charge in [0.2, 0.25) is 0 Å². The molecule has 0 radical (unpaired) electrons. The lowest BCUT2D eigenvalue weighted by molar-refractivity contribution is -0.116. The second-order valence-electron chi connectivity index (χ2n) is 7.94. The molecule has 5 heteroatoms. The van der Waals surface area contributed by atoms with Gasteiger partial charge >= 0.3 is 0 Å². The zero-order valence-electron chi connectivity index (χ0n) is 15.3. The van der Waals surface area contributed by atoms with Gasteiger partial charge in [0.05, 0.1) is 11.2 Å². The Bertz CT molecular complexity index is 871. The third kappa shape index (κ3) is 2.49. The number of aryl methyl sites for hydroxylation is 1. The van der Waals surface area contributed by atoms with Crippen LogP contribution in [0, 0.1) is 6.92 Å². The number of hydrogen-bond acceptors (Lipinski definition) is 4. The van der Waals surface area contributed by atoms with Crippen molar-refractivity contribution >= 4 is 11.6 Å². The molecule has 2 aromatic rings. The topological polar surface area (TPSA) is 59.8 Å². The van der Waals surface area contributed by atoms with Gasteiger partial charge in [-0.2, -0.15) is 5.10 Å². The normalized spacial score (nSPS) is 20.2. The van der Waals surface area contributed by atoms with Crippen molar-refractivity contribution in [2.24, 2.45) is 0 Å². The molecule has 2 aromatic heterocycles. The van der Waals surface area contributed by atoms with E-state index in [-0.39, 0.29) is 17.2 Å². The van der Waals surface area contributed by atoms with E-state index in [1.165, 1.54) is 0 Å². The Labute approximate surface area is 148 Å². The van der Waals surface area contributed by atoms with Crippen LogP contribution in [0.3, 0.4) is 0 Å². The zero-order chi connectivity index (χ0) is 17.8. The summed E-state index contributed by atoms with van der Waals surface area (Å²) in [5.41, 5.74) is 5.05. The van der Waals surface area contributed by atoms with Crippen LogP contribution in [-0.4, -0.2) is 20.5 Å². The van der Waals surface area contributed by atoms with E-state index in [0.717, 1.165) is 46.8 Å². The molecule has 0 spiro atoms. The van der Waals surface area contributed by atoms with Crippen LogP contribution in [0.25, 0.3) is 0 Å². The fourth-order valence-corrected chi connectivity index (χ4v) is 4.00. The average molecular weight is 336 g/mol. The number of pyridine rings is 1. The molecule has 130 valence electrons. The van der Waals surface area contributed by atoms with Crippen LogP contribution in [0.15, 0.2) is 35.8 Å². The van der Waals surface area contributed by atoms with Crippen molar-refractivity contribution < 1.29 is 4.79 Å². The number of anilines is 1. The molecule has 1 atom stereocenters. The predicted octanol–water partition coefficient (Wildman–Crippen LogP) is 3.91. The lowest BCUT2D eigenvalue weighted by Crippen LogP contribution is -2.30. The summed E-state index contributed by atoms with van der Waals surface area (Å²) < 4.78 is 2.06. The molecule has 0 aromatic carbocycles. The Balaban J connectivity index is 1.99. The summed E-state index contributed by atoms with van der Waals surface area (Å²) in [6, 6.07) is 4.03. The van der Waals surface area contributed by atoms with Crippen molar-refractivity contribution in [2.75, 3.05) is 5.32 Å². The minimum atomic E-state index is -0.134. The van der Waals surface area contributed by atoms with Crippen LogP contribution in [0.5, 0.6) is 0 Å². The van der Waals surface area contributed by atoms with Gasteiger partial charge in [-0.05, 0) is 58.2 Å². The van der Waals surface area contributed by atoms with E-state index < -0.39 is 0 Å². The van der Waals surface area contributed by atoms with Crippen LogP contribution in [0.1, 0.15) is 62.8 Å². The Kier molecular flexibility index (Phi) is 3.56. The standard InChI is InChI=1S/C20H24N4O/c1-12-16-17(13-8-10-21-11-9-13)18-14(6-5-7-15(18)25)22-19(16)24(23-12)20(2,3)4/h8-11,17,22H,5-7H2,1-4H3. The van der Waals surface area contributed by atoms with Gasteiger partial charge in [0, 0.05) is 41.6 Å². The number of hydrogen-bond donors (Lipinski definition) is 1. The monoisotopic (exact) mass is 336 g/mol. The summed E-state index contributed by atoms with van der Waals surface area (Å²) in [7, 11) is 0. The van der Waals surface area contributed by atoms with E-state index in [4.69, 9.17) is 5.10 Å². The largest absolute Gasteiger partial charge is 0.343 e. The fraction of sp³-hybridized carbons (Fsp3) is 0.450. The van der Waals surface area contributed by atoms with Gasteiger partial charge in [-0.3, -0.25) is 9.78 Å². The van der Waals surface area contributed by atoms with Gasteiger partial charge in [0.1, 0.15) is 5.82 Å². The zero-order valence-corrected chi connectivity index (χ0v) is 15.3. The van der Waals surface area contributed by atoms with Crippen LogP contribution >= 0.6 is 0 Å². The molecule has 2 aliphatic rings. The minimum absolute atomic E-state index is 0.0573. The molecule has 3 heterocycles. The summed E-state index contributed by atoms with van der Waals surface area (Å²) in [6.07, 6.45) is 6.05. The number of rotatable bonds is 1. The number of nitrogens with one attached hydrogen (secondary N) is 1. The molecule has 0 bridgehead atoms. The van der Waals surface area contributed by atoms with Crippen molar-refractivity contribution in [1.29, 1.82) is 0 Å². The van der Waals surface area contributed by atoms with Gasteiger partial charge < -0.3 is 5.32 Å². The lowest BCUT2D eigenvalue weighted by Gasteiger charge is -2.34. The molecule has 0 saturated carbocycles. The second kappa shape index (κ2) is 5.55. The minimum Gasteiger partial charge on any atom is -0.343 e. The number of ketones is 1. The van der Waals surface area contributed by atoms with Crippen molar-refractivity contribution in [3.63, 3.8) is 0 Å². The van der Waals surface area contributed by atoms with Gasteiger partial charge in [0.15, 0.2) is 5.78 Å². The summed E-state index contributed by atoms with van der Waals surface area (Å²) >= 11 is 0. The van der Waals surface area contributed by atoms with Crippen LogP contribution in [0.2, 0.25) is 0 Å². The highest BCUT2D eigenvalue weighted by Crippen LogP contribution is 2.47. The Hall–Kier alpha value is -2.43. The highest BCUT2D eigenvalue weighted by atomic mass is 16.1. The number of allylic oxidation sites excluding steroid dienone is 2. The van der Waals surface area contributed by atoms with Gasteiger partial charge in [-0.15, -0.1) is 0 Å². The van der Waals surface area contributed by atoms with E-state index in [1.807, 2.05) is 19.1 Å². The molecule has 0 saturated heterocycles. The summed E-state index contributed by atoms with van der Waals surface area (Å²) in [5.74, 6) is 1.22. The number of carbonyl (C=O) groups is 1. The van der Waals surface area contributed by atoms with Gasteiger partial charge in [0.25, 0.3) is 0 Å². The van der Waals surface area contributed by atoms with Crippen LogP contribution in [0.4, 0.5) is 5.82 Å². The van der Waals surface area contributed by atoms with Crippen LogP contribution < -0.4 is 5.32 Å². The van der Waals surface area contributed by atoms with E-state index in [9.17, 15) is 4.79 Å². The predicted molar refractivity (Wildman–Crippen MR) is 97.5 cm³/mol. The average Bonchev–Trinajstić information content (AvgIpc) is 2.91.